The van der Waals surface area contributed by atoms with E-state index in [0.29, 0.717) is 13.2 Å². The van der Waals surface area contributed by atoms with Gasteiger partial charge in [0.05, 0.1) is 20.3 Å². The van der Waals surface area contributed by atoms with Gasteiger partial charge in [-0.15, -0.1) is 0 Å². The van der Waals surface area contributed by atoms with E-state index in [1.807, 2.05) is 36.9 Å². The Kier molecular flexibility index (Phi) is 9.30. The van der Waals surface area contributed by atoms with Gasteiger partial charge in [-0.2, -0.15) is 11.8 Å². The largest absolute Gasteiger partial charge is 0.493 e. The number of benzene rings is 1. The van der Waals surface area contributed by atoms with Crippen LogP contribution in [-0.2, 0) is 6.54 Å². The van der Waals surface area contributed by atoms with Crippen LogP contribution < -0.4 is 20.1 Å². The number of ether oxygens (including phenoxy) is 2. The van der Waals surface area contributed by atoms with Crippen LogP contribution in [0.2, 0.25) is 0 Å². The molecule has 0 bridgehead atoms. The van der Waals surface area contributed by atoms with Crippen molar-refractivity contribution in [3.63, 3.8) is 0 Å². The molecule has 6 heteroatoms. The number of methoxy groups -OCH3 is 1. The van der Waals surface area contributed by atoms with Gasteiger partial charge in [0.2, 0.25) is 0 Å². The molecule has 124 valence electrons. The van der Waals surface area contributed by atoms with E-state index in [4.69, 9.17) is 9.47 Å². The van der Waals surface area contributed by atoms with Crippen molar-refractivity contribution in [3.05, 3.63) is 23.8 Å². The molecule has 0 aliphatic heterocycles. The van der Waals surface area contributed by atoms with Gasteiger partial charge in [0.25, 0.3) is 0 Å². The van der Waals surface area contributed by atoms with E-state index in [9.17, 15) is 0 Å². The molecule has 5 nitrogen and oxygen atoms in total. The second-order valence-electron chi connectivity index (χ2n) is 4.53. The quantitative estimate of drug-likeness (QED) is 0.415. The van der Waals surface area contributed by atoms with Crippen molar-refractivity contribution in [1.29, 1.82) is 0 Å². The van der Waals surface area contributed by atoms with E-state index in [2.05, 4.69) is 28.8 Å². The highest BCUT2D eigenvalue weighted by Crippen LogP contribution is 2.28. The molecule has 1 aromatic rings. The maximum absolute atomic E-state index is 5.52. The monoisotopic (exact) mass is 325 g/mol. The number of thioether (sulfide) groups is 1. The molecule has 0 unspecified atom stereocenters. The lowest BCUT2D eigenvalue weighted by Gasteiger charge is -2.12. The molecule has 2 N–H and O–H groups in total. The van der Waals surface area contributed by atoms with Crippen LogP contribution >= 0.6 is 11.8 Å². The summed E-state index contributed by atoms with van der Waals surface area (Å²) in [5.41, 5.74) is 1.09. The van der Waals surface area contributed by atoms with Crippen LogP contribution in [0.3, 0.4) is 0 Å². The van der Waals surface area contributed by atoms with Crippen molar-refractivity contribution in [2.45, 2.75) is 20.4 Å². The number of nitrogens with zero attached hydrogens (tertiary/aromatic N) is 1. The number of hydrogen-bond donors (Lipinski definition) is 2. The summed E-state index contributed by atoms with van der Waals surface area (Å²) in [6.45, 7) is 6.98. The molecule has 0 fully saturated rings. The molecule has 0 saturated carbocycles. The second-order valence-corrected chi connectivity index (χ2v) is 5.52. The highest BCUT2D eigenvalue weighted by molar-refractivity contribution is 7.98. The fourth-order valence-corrected chi connectivity index (χ4v) is 2.17. The summed E-state index contributed by atoms with van der Waals surface area (Å²) in [5, 5.41) is 6.56. The topological polar surface area (TPSA) is 54.9 Å². The Hall–Kier alpha value is -1.56. The summed E-state index contributed by atoms with van der Waals surface area (Å²) in [4.78, 5) is 4.60. The van der Waals surface area contributed by atoms with Crippen LogP contribution in [0.25, 0.3) is 0 Å². The van der Waals surface area contributed by atoms with Crippen LogP contribution in [0.1, 0.15) is 19.4 Å². The third-order valence-electron chi connectivity index (χ3n) is 2.89. The van der Waals surface area contributed by atoms with Gasteiger partial charge in [-0.1, -0.05) is 6.07 Å². The van der Waals surface area contributed by atoms with E-state index in [0.717, 1.165) is 41.9 Å². The fourth-order valence-electron chi connectivity index (χ4n) is 1.87. The van der Waals surface area contributed by atoms with Crippen molar-refractivity contribution >= 4 is 17.7 Å². The van der Waals surface area contributed by atoms with Gasteiger partial charge in [0.15, 0.2) is 17.5 Å². The number of rotatable bonds is 9. The number of nitrogens with one attached hydrogen (secondary N) is 2. The molecule has 0 aromatic heterocycles. The minimum Gasteiger partial charge on any atom is -0.493 e. The molecular formula is C16H27N3O2S. The Labute approximate surface area is 137 Å². The van der Waals surface area contributed by atoms with Gasteiger partial charge in [0, 0.05) is 18.8 Å². The zero-order valence-electron chi connectivity index (χ0n) is 13.9. The van der Waals surface area contributed by atoms with E-state index >= 15 is 0 Å². The van der Waals surface area contributed by atoms with Crippen LogP contribution in [0, 0.1) is 0 Å². The molecular weight excluding hydrogens is 298 g/mol. The Morgan fingerprint density at radius 2 is 2.05 bits per heavy atom. The summed E-state index contributed by atoms with van der Waals surface area (Å²) in [6.07, 6.45) is 2.10. The predicted octanol–water partition coefficient (Wildman–Crippen LogP) is 2.51. The summed E-state index contributed by atoms with van der Waals surface area (Å²) >= 11 is 1.81. The Balaban J connectivity index is 2.71. The zero-order chi connectivity index (χ0) is 16.2. The van der Waals surface area contributed by atoms with Gasteiger partial charge in [-0.3, -0.25) is 0 Å². The molecule has 0 radical (unpaired) electrons. The fraction of sp³-hybridized carbons (Fsp3) is 0.562. The first kappa shape index (κ1) is 18.5. The van der Waals surface area contributed by atoms with Crippen molar-refractivity contribution in [3.8, 4) is 11.5 Å². The maximum atomic E-state index is 5.52. The highest BCUT2D eigenvalue weighted by atomic mass is 32.2. The van der Waals surface area contributed by atoms with Gasteiger partial charge in [-0.05, 0) is 37.8 Å². The lowest BCUT2D eigenvalue weighted by atomic mass is 10.2. The average Bonchev–Trinajstić information content (AvgIpc) is 2.54. The summed E-state index contributed by atoms with van der Waals surface area (Å²) in [5.74, 6) is 3.41. The maximum Gasteiger partial charge on any atom is 0.191 e. The molecule has 0 aliphatic carbocycles. The van der Waals surface area contributed by atoms with E-state index in [1.165, 1.54) is 0 Å². The van der Waals surface area contributed by atoms with Crippen molar-refractivity contribution in [1.82, 2.24) is 10.6 Å². The molecule has 0 atom stereocenters. The smallest absolute Gasteiger partial charge is 0.191 e. The molecule has 0 amide bonds. The average molecular weight is 325 g/mol. The molecule has 0 saturated heterocycles. The van der Waals surface area contributed by atoms with Gasteiger partial charge in [0.1, 0.15) is 0 Å². The molecule has 0 spiro atoms. The van der Waals surface area contributed by atoms with Gasteiger partial charge >= 0.3 is 0 Å². The van der Waals surface area contributed by atoms with Gasteiger partial charge in [-0.25, -0.2) is 4.99 Å². The minimum absolute atomic E-state index is 0.595. The molecule has 22 heavy (non-hydrogen) atoms. The normalized spacial score (nSPS) is 11.2. The van der Waals surface area contributed by atoms with E-state index < -0.39 is 0 Å². The summed E-state index contributed by atoms with van der Waals surface area (Å²) < 4.78 is 10.9. The van der Waals surface area contributed by atoms with Crippen LogP contribution in [0.5, 0.6) is 11.5 Å². The molecule has 0 aliphatic rings. The number of guanidine groups is 1. The lowest BCUT2D eigenvalue weighted by Crippen LogP contribution is -2.38. The van der Waals surface area contributed by atoms with Crippen molar-refractivity contribution < 1.29 is 9.47 Å². The predicted molar refractivity (Wildman–Crippen MR) is 95.4 cm³/mol. The standard InChI is InChI=1S/C16H27N3O2S/c1-5-17-16(18-9-10-22-4)19-12-13-7-8-14(21-6-2)15(11-13)20-3/h7-8,11H,5-6,9-10,12H2,1-4H3,(H2,17,18,19). The number of hydrogen-bond acceptors (Lipinski definition) is 4. The molecule has 1 rings (SSSR count). The molecule has 0 heterocycles. The SMILES string of the molecule is CCNC(=NCc1ccc(OCC)c(OC)c1)NCCSC. The van der Waals surface area contributed by atoms with E-state index in [-0.39, 0.29) is 0 Å². The van der Waals surface area contributed by atoms with Crippen LogP contribution in [0.15, 0.2) is 23.2 Å². The van der Waals surface area contributed by atoms with Crippen LogP contribution in [0.4, 0.5) is 0 Å². The first-order valence-electron chi connectivity index (χ1n) is 7.55. The first-order chi connectivity index (χ1) is 10.7. The Morgan fingerprint density at radius 1 is 1.23 bits per heavy atom. The lowest BCUT2D eigenvalue weighted by molar-refractivity contribution is 0.310. The van der Waals surface area contributed by atoms with E-state index in [1.54, 1.807) is 7.11 Å². The third kappa shape index (κ3) is 6.47. The van der Waals surface area contributed by atoms with Crippen LogP contribution in [-0.4, -0.2) is 44.8 Å². The van der Waals surface area contributed by atoms with Crippen molar-refractivity contribution in [2.24, 2.45) is 4.99 Å². The number of aliphatic imine (C=N–C) groups is 1. The first-order valence-corrected chi connectivity index (χ1v) is 8.95. The Morgan fingerprint density at radius 3 is 2.68 bits per heavy atom. The highest BCUT2D eigenvalue weighted by Gasteiger charge is 2.05. The second kappa shape index (κ2) is 11.1. The third-order valence-corrected chi connectivity index (χ3v) is 3.50. The summed E-state index contributed by atoms with van der Waals surface area (Å²) in [7, 11) is 1.65. The minimum atomic E-state index is 0.595. The molecule has 1 aromatic carbocycles. The Bertz CT molecular complexity index is 467. The zero-order valence-corrected chi connectivity index (χ0v) is 14.8. The van der Waals surface area contributed by atoms with Gasteiger partial charge < -0.3 is 20.1 Å². The summed E-state index contributed by atoms with van der Waals surface area (Å²) in [6, 6.07) is 5.92. The van der Waals surface area contributed by atoms with Crippen molar-refractivity contribution in [2.75, 3.05) is 38.8 Å².